The summed E-state index contributed by atoms with van der Waals surface area (Å²) in [6, 6.07) is 5.44. The number of rotatable bonds is 3. The normalized spacial score (nSPS) is 22.9. The van der Waals surface area contributed by atoms with Crippen molar-refractivity contribution in [1.29, 1.82) is 0 Å². The summed E-state index contributed by atoms with van der Waals surface area (Å²) in [7, 11) is -4.27. The predicted octanol–water partition coefficient (Wildman–Crippen LogP) is 2.07. The number of piperidine rings is 1. The van der Waals surface area contributed by atoms with E-state index in [1.165, 1.54) is 24.3 Å². The molecule has 0 aliphatic carbocycles. The van der Waals surface area contributed by atoms with E-state index in [1.807, 2.05) is 0 Å². The minimum Gasteiger partial charge on any atom is -0.481 e. The van der Waals surface area contributed by atoms with Gasteiger partial charge in [-0.1, -0.05) is 23.7 Å². The first-order valence-electron chi connectivity index (χ1n) is 5.99. The van der Waals surface area contributed by atoms with Crippen molar-refractivity contribution in [1.82, 2.24) is 4.31 Å². The number of hydrogen-bond donors (Lipinski definition) is 1. The van der Waals surface area contributed by atoms with Crippen molar-refractivity contribution in [2.45, 2.75) is 17.2 Å². The Morgan fingerprint density at radius 3 is 2.57 bits per heavy atom. The summed E-state index contributed by atoms with van der Waals surface area (Å²) in [5, 5.41) is 8.80. The predicted molar refractivity (Wildman–Crippen MR) is 70.9 cm³/mol. The molecule has 0 bridgehead atoms. The third-order valence-corrected chi connectivity index (χ3v) is 5.49. The second-order valence-electron chi connectivity index (χ2n) is 4.82. The fourth-order valence-electron chi connectivity index (χ4n) is 2.20. The van der Waals surface area contributed by atoms with Gasteiger partial charge in [0.1, 0.15) is 4.90 Å². The lowest BCUT2D eigenvalue weighted by atomic mass is 9.97. The van der Waals surface area contributed by atoms with Crippen molar-refractivity contribution < 1.29 is 27.1 Å². The van der Waals surface area contributed by atoms with E-state index in [2.05, 4.69) is 0 Å². The van der Waals surface area contributed by atoms with Crippen LogP contribution in [0.1, 0.15) is 6.42 Å². The van der Waals surface area contributed by atoms with Crippen molar-refractivity contribution in [3.05, 3.63) is 29.3 Å². The van der Waals surface area contributed by atoms with Gasteiger partial charge < -0.3 is 5.11 Å². The zero-order chi connectivity index (χ0) is 15.8. The first-order chi connectivity index (χ1) is 9.63. The Labute approximate surface area is 125 Å². The van der Waals surface area contributed by atoms with Crippen LogP contribution in [0, 0.1) is 5.92 Å². The molecule has 0 aromatic heterocycles. The molecule has 1 aromatic carbocycles. The molecule has 1 atom stereocenters. The minimum atomic E-state index is -4.27. The molecule has 21 heavy (non-hydrogen) atoms. The van der Waals surface area contributed by atoms with Gasteiger partial charge in [0.2, 0.25) is 10.0 Å². The van der Waals surface area contributed by atoms with Crippen LogP contribution in [0.5, 0.6) is 0 Å². The number of nitrogens with zero attached hydrogens (tertiary/aromatic N) is 1. The summed E-state index contributed by atoms with van der Waals surface area (Å²) < 4.78 is 52.5. The van der Waals surface area contributed by atoms with Gasteiger partial charge in [-0.2, -0.15) is 4.31 Å². The number of carbonyl (C=O) groups is 1. The molecule has 1 saturated heterocycles. The number of carboxylic acids is 1. The Hall–Kier alpha value is -1.25. The average Bonchev–Trinajstić information content (AvgIpc) is 2.37. The third kappa shape index (κ3) is 3.33. The van der Waals surface area contributed by atoms with Gasteiger partial charge in [0.15, 0.2) is 0 Å². The standard InChI is InChI=1S/C12H12ClF2NO4S/c13-9-3-1-2-4-10(9)21(19,20)16-6-8(11(17)18)5-12(14,15)7-16/h1-4,8H,5-7H2,(H,17,18). The highest BCUT2D eigenvalue weighted by Crippen LogP contribution is 2.34. The highest BCUT2D eigenvalue weighted by molar-refractivity contribution is 7.89. The van der Waals surface area contributed by atoms with Gasteiger partial charge >= 0.3 is 5.97 Å². The molecule has 9 heteroatoms. The minimum absolute atomic E-state index is 0.0988. The highest BCUT2D eigenvalue weighted by Gasteiger charge is 2.47. The summed E-state index contributed by atoms with van der Waals surface area (Å²) >= 11 is 5.79. The lowest BCUT2D eigenvalue weighted by molar-refractivity contribution is -0.150. The van der Waals surface area contributed by atoms with Gasteiger partial charge in [-0.05, 0) is 12.1 Å². The van der Waals surface area contributed by atoms with Crippen LogP contribution in [0.3, 0.4) is 0 Å². The Morgan fingerprint density at radius 1 is 1.38 bits per heavy atom. The summed E-state index contributed by atoms with van der Waals surface area (Å²) in [4.78, 5) is 10.6. The van der Waals surface area contributed by atoms with Gasteiger partial charge in [-0.3, -0.25) is 4.79 Å². The molecule has 1 aliphatic heterocycles. The molecule has 2 rings (SSSR count). The largest absolute Gasteiger partial charge is 0.481 e. The zero-order valence-corrected chi connectivity index (χ0v) is 12.2. The number of halogens is 3. The molecule has 116 valence electrons. The lowest BCUT2D eigenvalue weighted by Crippen LogP contribution is -2.51. The van der Waals surface area contributed by atoms with E-state index >= 15 is 0 Å². The van der Waals surface area contributed by atoms with Crippen molar-refractivity contribution >= 4 is 27.6 Å². The monoisotopic (exact) mass is 339 g/mol. The highest BCUT2D eigenvalue weighted by atomic mass is 35.5. The van der Waals surface area contributed by atoms with Gasteiger partial charge in [0.05, 0.1) is 17.5 Å². The lowest BCUT2D eigenvalue weighted by Gasteiger charge is -2.35. The molecular weight excluding hydrogens is 328 g/mol. The van der Waals surface area contributed by atoms with E-state index in [0.717, 1.165) is 0 Å². The summed E-state index contributed by atoms with van der Waals surface area (Å²) in [5.41, 5.74) is 0. The Morgan fingerprint density at radius 2 is 2.00 bits per heavy atom. The molecule has 1 heterocycles. The molecule has 0 spiro atoms. The molecule has 1 aromatic rings. The Bertz CT molecular complexity index is 665. The van der Waals surface area contributed by atoms with Crippen molar-refractivity contribution in [2.24, 2.45) is 5.92 Å². The summed E-state index contributed by atoms with van der Waals surface area (Å²) in [6.07, 6.45) is -0.878. The van der Waals surface area contributed by atoms with Crippen LogP contribution in [0.25, 0.3) is 0 Å². The fourth-order valence-corrected chi connectivity index (χ4v) is 4.21. The van der Waals surface area contributed by atoms with E-state index in [4.69, 9.17) is 16.7 Å². The number of hydrogen-bond acceptors (Lipinski definition) is 3. The third-order valence-electron chi connectivity index (χ3n) is 3.18. The number of carboxylic acid groups (broad SMARTS) is 1. The Balaban J connectivity index is 2.40. The van der Waals surface area contributed by atoms with Gasteiger partial charge in [-0.15, -0.1) is 0 Å². The smallest absolute Gasteiger partial charge is 0.308 e. The maximum Gasteiger partial charge on any atom is 0.308 e. The molecule has 0 amide bonds. The maximum absolute atomic E-state index is 13.6. The van der Waals surface area contributed by atoms with Gasteiger partial charge in [-0.25, -0.2) is 17.2 Å². The van der Waals surface area contributed by atoms with E-state index in [1.54, 1.807) is 0 Å². The molecular formula is C12H12ClF2NO4S. The second-order valence-corrected chi connectivity index (χ2v) is 7.14. The number of aliphatic carboxylic acids is 1. The molecule has 1 fully saturated rings. The van der Waals surface area contributed by atoms with Crippen LogP contribution in [-0.4, -0.2) is 42.8 Å². The number of sulfonamides is 1. The molecule has 1 unspecified atom stereocenters. The van der Waals surface area contributed by atoms with Crippen LogP contribution in [0.15, 0.2) is 29.2 Å². The first-order valence-corrected chi connectivity index (χ1v) is 7.80. The van der Waals surface area contributed by atoms with Crippen LogP contribution in [0.2, 0.25) is 5.02 Å². The SMILES string of the molecule is O=C(O)C1CN(S(=O)(=O)c2ccccc2Cl)CC(F)(F)C1. The fraction of sp³-hybridized carbons (Fsp3) is 0.417. The molecule has 0 radical (unpaired) electrons. The van der Waals surface area contributed by atoms with E-state index in [-0.39, 0.29) is 9.92 Å². The molecule has 5 nitrogen and oxygen atoms in total. The maximum atomic E-state index is 13.6. The van der Waals surface area contributed by atoms with Crippen molar-refractivity contribution in [2.75, 3.05) is 13.1 Å². The van der Waals surface area contributed by atoms with E-state index < -0.39 is 47.3 Å². The topological polar surface area (TPSA) is 74.7 Å². The summed E-state index contributed by atoms with van der Waals surface area (Å²) in [6.45, 7) is -1.55. The first kappa shape index (κ1) is 16.1. The quantitative estimate of drug-likeness (QED) is 0.914. The van der Waals surface area contributed by atoms with Gasteiger partial charge in [0.25, 0.3) is 5.92 Å². The number of benzene rings is 1. The van der Waals surface area contributed by atoms with Crippen LogP contribution in [-0.2, 0) is 14.8 Å². The van der Waals surface area contributed by atoms with Crippen LogP contribution < -0.4 is 0 Å². The summed E-state index contributed by atoms with van der Waals surface area (Å²) in [5.74, 6) is -6.30. The molecule has 1 N–H and O–H groups in total. The van der Waals surface area contributed by atoms with E-state index in [0.29, 0.717) is 4.31 Å². The van der Waals surface area contributed by atoms with Gasteiger partial charge in [0, 0.05) is 13.0 Å². The zero-order valence-electron chi connectivity index (χ0n) is 10.7. The second kappa shape index (κ2) is 5.51. The van der Waals surface area contributed by atoms with Crippen molar-refractivity contribution in [3.8, 4) is 0 Å². The Kier molecular flexibility index (Phi) is 4.23. The molecule has 0 saturated carbocycles. The van der Waals surface area contributed by atoms with Crippen LogP contribution in [0.4, 0.5) is 8.78 Å². The molecule has 1 aliphatic rings. The average molecular weight is 340 g/mol. The van der Waals surface area contributed by atoms with Crippen molar-refractivity contribution in [3.63, 3.8) is 0 Å². The number of alkyl halides is 2. The van der Waals surface area contributed by atoms with E-state index in [9.17, 15) is 22.0 Å². The van der Waals surface area contributed by atoms with Crippen LogP contribution >= 0.6 is 11.6 Å².